The molecule has 0 aliphatic carbocycles. The Morgan fingerprint density at radius 1 is 1.13 bits per heavy atom. The number of nitrogens with zero attached hydrogens (tertiary/aromatic N) is 7. The fourth-order valence-corrected chi connectivity index (χ4v) is 4.35. The highest BCUT2D eigenvalue weighted by Crippen LogP contribution is 2.29. The lowest BCUT2D eigenvalue weighted by atomic mass is 10.1. The molecule has 0 fully saturated rings. The molecule has 0 atom stereocenters. The van der Waals surface area contributed by atoms with E-state index in [9.17, 15) is 19.2 Å². The first-order chi connectivity index (χ1) is 18.3. The van der Waals surface area contributed by atoms with E-state index in [-0.39, 0.29) is 18.2 Å². The van der Waals surface area contributed by atoms with Gasteiger partial charge in [-0.1, -0.05) is 17.7 Å². The van der Waals surface area contributed by atoms with Gasteiger partial charge in [0.2, 0.25) is 5.95 Å². The summed E-state index contributed by atoms with van der Waals surface area (Å²) in [5, 5.41) is 17.7. The molecule has 0 spiro atoms. The van der Waals surface area contributed by atoms with Crippen molar-refractivity contribution in [2.45, 2.75) is 20.1 Å². The number of alkyl halides is 1. The van der Waals surface area contributed by atoms with Gasteiger partial charge in [0.25, 0.3) is 0 Å². The second-order valence-electron chi connectivity index (χ2n) is 8.69. The Labute approximate surface area is 220 Å². The molecule has 5 rings (SSSR count). The third kappa shape index (κ3) is 4.65. The zero-order valence-corrected chi connectivity index (χ0v) is 21.1. The van der Waals surface area contributed by atoms with Crippen LogP contribution >= 0.6 is 11.6 Å². The maximum absolute atomic E-state index is 13.8. The Hall–Kier alpha value is -4.82. The van der Waals surface area contributed by atoms with Crippen LogP contribution in [0, 0.1) is 18.3 Å². The maximum atomic E-state index is 13.8. The van der Waals surface area contributed by atoms with Crippen molar-refractivity contribution in [2.24, 2.45) is 7.05 Å². The van der Waals surface area contributed by atoms with Gasteiger partial charge in [-0.15, -0.1) is 0 Å². The number of fused-ring (bicyclic) bond motifs is 1. The lowest BCUT2D eigenvalue weighted by molar-refractivity contribution is 0.480. The predicted molar refractivity (Wildman–Crippen MR) is 141 cm³/mol. The molecule has 10 nitrogen and oxygen atoms in total. The second-order valence-corrected chi connectivity index (χ2v) is 9.10. The number of anilines is 2. The molecule has 0 aliphatic rings. The van der Waals surface area contributed by atoms with E-state index >= 15 is 0 Å². The number of pyridine rings is 1. The molecule has 12 heteroatoms. The number of hydrogen-bond donors (Lipinski definition) is 1. The first kappa shape index (κ1) is 24.9. The zero-order valence-electron chi connectivity index (χ0n) is 20.3. The molecule has 0 aliphatic heterocycles. The number of rotatable bonds is 6. The van der Waals surface area contributed by atoms with Gasteiger partial charge >= 0.3 is 11.4 Å². The van der Waals surface area contributed by atoms with Gasteiger partial charge in [-0.25, -0.2) is 18.5 Å². The quantitative estimate of drug-likeness (QED) is 0.354. The van der Waals surface area contributed by atoms with Gasteiger partial charge in [0.15, 0.2) is 0 Å². The topological polar surface area (TPSA) is 123 Å². The van der Waals surface area contributed by atoms with E-state index in [4.69, 9.17) is 11.6 Å². The van der Waals surface area contributed by atoms with Gasteiger partial charge in [-0.3, -0.25) is 14.2 Å². The number of nitrogens with one attached hydrogen (secondary N) is 1. The summed E-state index contributed by atoms with van der Waals surface area (Å²) in [6.07, 6.45) is 4.76. The Morgan fingerprint density at radius 2 is 1.95 bits per heavy atom. The minimum atomic E-state index is -0.837. The molecule has 3 aromatic heterocycles. The van der Waals surface area contributed by atoms with Crippen LogP contribution in [0.1, 0.15) is 22.3 Å². The van der Waals surface area contributed by atoms with E-state index in [2.05, 4.69) is 20.4 Å². The average molecular weight is 531 g/mol. The van der Waals surface area contributed by atoms with Crippen molar-refractivity contribution < 1.29 is 4.39 Å². The van der Waals surface area contributed by atoms with Crippen LogP contribution in [0.2, 0.25) is 5.02 Å². The van der Waals surface area contributed by atoms with E-state index in [1.54, 1.807) is 49.2 Å². The van der Waals surface area contributed by atoms with E-state index in [0.717, 1.165) is 15.5 Å². The third-order valence-corrected chi connectivity index (χ3v) is 6.26. The first-order valence-electron chi connectivity index (χ1n) is 11.4. The summed E-state index contributed by atoms with van der Waals surface area (Å²) >= 11 is 6.48. The summed E-state index contributed by atoms with van der Waals surface area (Å²) in [5.74, 6) is -0.103. The fourth-order valence-electron chi connectivity index (χ4n) is 4.14. The Kier molecular flexibility index (Phi) is 6.48. The monoisotopic (exact) mass is 530 g/mol. The molecule has 0 saturated heterocycles. The van der Waals surface area contributed by atoms with E-state index < -0.39 is 18.1 Å². The van der Waals surface area contributed by atoms with Crippen molar-refractivity contribution in [2.75, 3.05) is 5.32 Å². The Morgan fingerprint density at radius 3 is 2.68 bits per heavy atom. The summed E-state index contributed by atoms with van der Waals surface area (Å²) in [7, 11) is 1.78. The lowest BCUT2D eigenvalue weighted by Crippen LogP contribution is -2.42. The van der Waals surface area contributed by atoms with Crippen molar-refractivity contribution in [3.05, 3.63) is 103 Å². The van der Waals surface area contributed by atoms with Crippen LogP contribution in [0.4, 0.5) is 16.0 Å². The fraction of sp³-hybridized carbons (Fsp3) is 0.154. The van der Waals surface area contributed by atoms with Crippen molar-refractivity contribution in [3.8, 4) is 11.8 Å². The van der Waals surface area contributed by atoms with Crippen molar-refractivity contribution >= 4 is 34.1 Å². The summed E-state index contributed by atoms with van der Waals surface area (Å²) < 4.78 is 17.6. The molecule has 0 unspecified atom stereocenters. The molecule has 2 aromatic carbocycles. The molecular formula is C26H20ClFN8O2. The van der Waals surface area contributed by atoms with Gasteiger partial charge in [-0.05, 0) is 53.9 Å². The summed E-state index contributed by atoms with van der Waals surface area (Å²) in [4.78, 5) is 35.1. The van der Waals surface area contributed by atoms with Gasteiger partial charge in [0.05, 0.1) is 46.3 Å². The molecular weight excluding hydrogens is 511 g/mol. The van der Waals surface area contributed by atoms with Crippen molar-refractivity contribution in [1.29, 1.82) is 5.26 Å². The lowest BCUT2D eigenvalue weighted by Gasteiger charge is -2.17. The summed E-state index contributed by atoms with van der Waals surface area (Å²) in [6.45, 7) is 0.799. The molecule has 38 heavy (non-hydrogen) atoms. The van der Waals surface area contributed by atoms with Crippen LogP contribution in [0.3, 0.4) is 0 Å². The van der Waals surface area contributed by atoms with Gasteiger partial charge < -0.3 is 5.32 Å². The van der Waals surface area contributed by atoms with Gasteiger partial charge in [0.1, 0.15) is 6.67 Å². The summed E-state index contributed by atoms with van der Waals surface area (Å²) in [6, 6.07) is 11.5. The molecule has 5 aromatic rings. The van der Waals surface area contributed by atoms with Crippen LogP contribution in [0.15, 0.2) is 64.6 Å². The molecule has 190 valence electrons. The minimum absolute atomic E-state index is 0.103. The van der Waals surface area contributed by atoms with E-state index in [0.29, 0.717) is 32.9 Å². The Balaban J connectivity index is 1.71. The highest BCUT2D eigenvalue weighted by atomic mass is 35.5. The largest absolute Gasteiger partial charge is 0.359 e. The first-order valence-corrected chi connectivity index (χ1v) is 11.8. The highest BCUT2D eigenvalue weighted by molar-refractivity contribution is 6.34. The molecule has 3 heterocycles. The van der Waals surface area contributed by atoms with Crippen molar-refractivity contribution in [1.82, 2.24) is 28.9 Å². The van der Waals surface area contributed by atoms with E-state index in [1.165, 1.54) is 29.0 Å². The predicted octanol–water partition coefficient (Wildman–Crippen LogP) is 3.77. The summed E-state index contributed by atoms with van der Waals surface area (Å²) in [5.41, 5.74) is 1.44. The van der Waals surface area contributed by atoms with Gasteiger partial charge in [0, 0.05) is 24.8 Å². The third-order valence-electron chi connectivity index (χ3n) is 5.95. The molecule has 1 N–H and O–H groups in total. The van der Waals surface area contributed by atoms with Crippen LogP contribution in [-0.2, 0) is 20.3 Å². The Bertz CT molecular complexity index is 1870. The molecule has 0 radical (unpaired) electrons. The normalized spacial score (nSPS) is 11.0. The van der Waals surface area contributed by atoms with Crippen LogP contribution in [0.25, 0.3) is 16.6 Å². The SMILES string of the molecule is Cc1cncc(-n2c(=O)nc(Nc3cc4cn(C)nc4cc3Cl)n(Cc3cc(C#N)ccc3CF)c2=O)c1. The highest BCUT2D eigenvalue weighted by Gasteiger charge is 2.18. The van der Waals surface area contributed by atoms with Crippen molar-refractivity contribution in [3.63, 3.8) is 0 Å². The number of benzene rings is 2. The standard InChI is InChI=1S/C26H20ClFN8O2/c1-15-5-20(12-30-11-15)36-25(37)32-24(31-23-7-19-13-34(2)33-22(19)8-21(23)27)35(26(36)38)14-18-6-16(10-29)3-4-17(18)9-28/h3-8,11-13H,9,14H2,1-2H3,(H,31,32,37). The second kappa shape index (κ2) is 9.91. The number of aryl methyl sites for hydroxylation is 2. The van der Waals surface area contributed by atoms with Crippen LogP contribution in [-0.4, -0.2) is 28.9 Å². The zero-order chi connectivity index (χ0) is 27.0. The number of nitriles is 1. The smallest absolute Gasteiger partial charge is 0.324 e. The van der Waals surface area contributed by atoms with Crippen LogP contribution in [0.5, 0.6) is 0 Å². The van der Waals surface area contributed by atoms with Gasteiger partial charge in [-0.2, -0.15) is 15.3 Å². The molecule has 0 amide bonds. The average Bonchev–Trinajstić information content (AvgIpc) is 3.24. The van der Waals surface area contributed by atoms with Crippen LogP contribution < -0.4 is 16.7 Å². The van der Waals surface area contributed by atoms with E-state index in [1.807, 2.05) is 6.07 Å². The maximum Gasteiger partial charge on any atom is 0.359 e. The molecule has 0 saturated carbocycles. The molecule has 0 bridgehead atoms. The number of halogens is 2. The minimum Gasteiger partial charge on any atom is -0.324 e. The number of hydrogen-bond acceptors (Lipinski definition) is 7. The number of aromatic nitrogens is 6.